The molecule has 0 spiro atoms. The Morgan fingerprint density at radius 3 is 2.60 bits per heavy atom. The second-order valence-electron chi connectivity index (χ2n) is 7.73. The molecule has 3 aromatic rings. The van der Waals surface area contributed by atoms with Gasteiger partial charge in [-0.15, -0.1) is 0 Å². The number of aromatic hydroxyl groups is 1. The minimum Gasteiger partial charge on any atom is -0.612 e. The molecule has 1 aliphatic rings. The van der Waals surface area contributed by atoms with Crippen molar-refractivity contribution in [2.75, 3.05) is 11.6 Å². The third kappa shape index (κ3) is 4.21. The fourth-order valence-corrected chi connectivity index (χ4v) is 4.79. The summed E-state index contributed by atoms with van der Waals surface area (Å²) in [7, 11) is 0. The van der Waals surface area contributed by atoms with Gasteiger partial charge in [-0.1, -0.05) is 17.7 Å². The lowest BCUT2D eigenvalue weighted by molar-refractivity contribution is 0.411. The van der Waals surface area contributed by atoms with Crippen molar-refractivity contribution >= 4 is 39.4 Å². The van der Waals surface area contributed by atoms with Gasteiger partial charge < -0.3 is 20.7 Å². The number of nitrogens with one attached hydrogen (secondary N) is 1. The molecule has 8 heteroatoms. The third-order valence-electron chi connectivity index (χ3n) is 5.61. The van der Waals surface area contributed by atoms with Crippen molar-refractivity contribution in [1.82, 2.24) is 4.98 Å². The molecule has 4 N–H and O–H groups in total. The van der Waals surface area contributed by atoms with Crippen LogP contribution in [0.5, 0.6) is 5.75 Å². The van der Waals surface area contributed by atoms with Gasteiger partial charge in [0.05, 0.1) is 16.7 Å². The zero-order valence-corrected chi connectivity index (χ0v) is 18.1. The molecule has 0 bridgehead atoms. The molecule has 4 rings (SSSR count). The number of anilines is 1. The summed E-state index contributed by atoms with van der Waals surface area (Å²) in [5, 5.41) is 14.0. The van der Waals surface area contributed by atoms with Crippen molar-refractivity contribution in [2.24, 2.45) is 5.73 Å². The molecule has 0 radical (unpaired) electrons. The molecule has 1 aromatic heterocycles. The van der Waals surface area contributed by atoms with Crippen molar-refractivity contribution in [3.63, 3.8) is 0 Å². The van der Waals surface area contributed by atoms with Gasteiger partial charge in [-0.3, -0.25) is 4.98 Å². The maximum Gasteiger partial charge on any atom is 0.194 e. The summed E-state index contributed by atoms with van der Waals surface area (Å²) < 4.78 is 26.4. The zero-order valence-electron chi connectivity index (χ0n) is 16.5. The Morgan fingerprint density at radius 1 is 1.20 bits per heavy atom. The minimum absolute atomic E-state index is 0.0523. The number of hydrogen-bond donors (Lipinski definition) is 3. The predicted octanol–water partition coefficient (Wildman–Crippen LogP) is 4.82. The monoisotopic (exact) mass is 447 g/mol. The van der Waals surface area contributed by atoms with Gasteiger partial charge in [-0.05, 0) is 72.3 Å². The molecular formula is C22H23ClFN3O2S. The van der Waals surface area contributed by atoms with Gasteiger partial charge in [-0.25, -0.2) is 4.39 Å². The molecule has 0 amide bonds. The molecule has 5 nitrogen and oxygen atoms in total. The summed E-state index contributed by atoms with van der Waals surface area (Å²) in [5.74, 6) is -1.35. The first-order valence-electron chi connectivity index (χ1n) is 9.80. The van der Waals surface area contributed by atoms with E-state index in [4.69, 9.17) is 17.3 Å². The number of nitrogens with zero attached hydrogens (tertiary/aromatic N) is 1. The molecular weight excluding hydrogens is 425 g/mol. The number of phenols is 1. The Kier molecular flexibility index (Phi) is 6.06. The van der Waals surface area contributed by atoms with Crippen molar-refractivity contribution < 1.29 is 14.0 Å². The van der Waals surface area contributed by atoms with E-state index in [-0.39, 0.29) is 17.1 Å². The van der Waals surface area contributed by atoms with Crippen LogP contribution in [0.1, 0.15) is 25.7 Å². The van der Waals surface area contributed by atoms with Crippen LogP contribution in [0.4, 0.5) is 10.1 Å². The fourth-order valence-electron chi connectivity index (χ4n) is 3.92. The van der Waals surface area contributed by atoms with Crippen LogP contribution in [0.25, 0.3) is 22.0 Å². The summed E-state index contributed by atoms with van der Waals surface area (Å²) in [6.45, 7) is 0. The van der Waals surface area contributed by atoms with Crippen LogP contribution in [0.15, 0.2) is 41.4 Å². The summed E-state index contributed by atoms with van der Waals surface area (Å²) in [6, 6.07) is 8.79. The van der Waals surface area contributed by atoms with Gasteiger partial charge in [0.1, 0.15) is 11.9 Å². The lowest BCUT2D eigenvalue weighted by Gasteiger charge is -2.28. The smallest absolute Gasteiger partial charge is 0.194 e. The Bertz CT molecular complexity index is 1060. The Hall–Kier alpha value is -2.06. The summed E-state index contributed by atoms with van der Waals surface area (Å²) >= 11 is 4.73. The number of benzene rings is 2. The Labute approximate surface area is 182 Å². The van der Waals surface area contributed by atoms with E-state index in [2.05, 4.69) is 10.3 Å². The van der Waals surface area contributed by atoms with Crippen LogP contribution in [-0.2, 0) is 11.2 Å². The molecule has 158 valence electrons. The van der Waals surface area contributed by atoms with E-state index in [0.717, 1.165) is 47.8 Å². The second-order valence-corrected chi connectivity index (χ2v) is 9.48. The zero-order chi connectivity index (χ0) is 21.4. The SMILES string of the molecule is C[S+]([O-])c1cnc2ccc(-c3cc(F)c(O)c(Cl)c3)cc2c1N[C@H]1CC[C@H](N)CC1. The second kappa shape index (κ2) is 8.59. The van der Waals surface area contributed by atoms with E-state index in [0.29, 0.717) is 10.5 Å². The van der Waals surface area contributed by atoms with E-state index in [1.807, 2.05) is 18.2 Å². The molecule has 0 saturated heterocycles. The van der Waals surface area contributed by atoms with E-state index < -0.39 is 22.7 Å². The normalized spacial score (nSPS) is 20.3. The number of hydrogen-bond acceptors (Lipinski definition) is 5. The highest BCUT2D eigenvalue weighted by Gasteiger charge is 2.23. The van der Waals surface area contributed by atoms with Crippen LogP contribution in [0.2, 0.25) is 5.02 Å². The number of phenolic OH excluding ortho intramolecular Hbond substituents is 1. The van der Waals surface area contributed by atoms with Gasteiger partial charge in [-0.2, -0.15) is 0 Å². The van der Waals surface area contributed by atoms with Gasteiger partial charge in [0.2, 0.25) is 0 Å². The number of halogens is 2. The lowest BCUT2D eigenvalue weighted by Crippen LogP contribution is -2.33. The minimum atomic E-state index is -1.23. The van der Waals surface area contributed by atoms with E-state index in [1.165, 1.54) is 12.1 Å². The first-order valence-corrected chi connectivity index (χ1v) is 11.7. The van der Waals surface area contributed by atoms with Crippen molar-refractivity contribution in [1.29, 1.82) is 0 Å². The van der Waals surface area contributed by atoms with Crippen LogP contribution in [0, 0.1) is 5.82 Å². The number of nitrogens with two attached hydrogens (primary N) is 1. The van der Waals surface area contributed by atoms with Gasteiger partial charge >= 0.3 is 0 Å². The highest BCUT2D eigenvalue weighted by molar-refractivity contribution is 7.90. The molecule has 1 unspecified atom stereocenters. The average molecular weight is 448 g/mol. The molecule has 0 aliphatic heterocycles. The quantitative estimate of drug-likeness (QED) is 0.498. The standard InChI is InChI=1S/C22H23ClFN3O2S/c1-30(29)20-11-26-19-7-2-12(13-9-17(23)22(28)18(24)10-13)8-16(19)21(20)27-15-5-3-14(25)4-6-15/h2,7-11,14-15,28H,3-6,25H2,1H3,(H,26,27)/t14-,15-,30?. The maximum atomic E-state index is 14.0. The Balaban J connectivity index is 1.81. The highest BCUT2D eigenvalue weighted by Crippen LogP contribution is 2.37. The van der Waals surface area contributed by atoms with Crippen LogP contribution < -0.4 is 11.1 Å². The van der Waals surface area contributed by atoms with E-state index in [1.54, 1.807) is 12.5 Å². The largest absolute Gasteiger partial charge is 0.612 e. The molecule has 2 aromatic carbocycles. The highest BCUT2D eigenvalue weighted by atomic mass is 35.5. The average Bonchev–Trinajstić information content (AvgIpc) is 2.73. The Morgan fingerprint density at radius 2 is 1.93 bits per heavy atom. The van der Waals surface area contributed by atoms with Gasteiger partial charge in [0.25, 0.3) is 0 Å². The lowest BCUT2D eigenvalue weighted by atomic mass is 9.91. The summed E-state index contributed by atoms with van der Waals surface area (Å²) in [4.78, 5) is 5.09. The van der Waals surface area contributed by atoms with Crippen molar-refractivity contribution in [3.05, 3.63) is 47.4 Å². The molecule has 1 atom stereocenters. The third-order valence-corrected chi connectivity index (χ3v) is 6.83. The van der Waals surface area contributed by atoms with E-state index in [9.17, 15) is 14.0 Å². The fraction of sp³-hybridized carbons (Fsp3) is 0.318. The number of pyridine rings is 1. The first kappa shape index (κ1) is 21.2. The van der Waals surface area contributed by atoms with Crippen LogP contribution in [0.3, 0.4) is 0 Å². The van der Waals surface area contributed by atoms with Crippen molar-refractivity contribution in [3.8, 4) is 16.9 Å². The summed E-state index contributed by atoms with van der Waals surface area (Å²) in [5.41, 5.74) is 8.82. The van der Waals surface area contributed by atoms with Gasteiger partial charge in [0, 0.05) is 17.5 Å². The molecule has 1 heterocycles. The number of fused-ring (bicyclic) bond motifs is 1. The van der Waals surface area contributed by atoms with Crippen molar-refractivity contribution in [2.45, 2.75) is 42.7 Å². The molecule has 1 aliphatic carbocycles. The summed E-state index contributed by atoms with van der Waals surface area (Å²) in [6.07, 6.45) is 7.05. The number of aromatic nitrogens is 1. The van der Waals surface area contributed by atoms with Crippen LogP contribution in [-0.4, -0.2) is 33.0 Å². The number of rotatable bonds is 4. The molecule has 30 heavy (non-hydrogen) atoms. The topological polar surface area (TPSA) is 94.2 Å². The predicted molar refractivity (Wildman–Crippen MR) is 120 cm³/mol. The van der Waals surface area contributed by atoms with E-state index >= 15 is 0 Å². The first-order chi connectivity index (χ1) is 14.3. The molecule has 1 saturated carbocycles. The maximum absolute atomic E-state index is 14.0. The van der Waals surface area contributed by atoms with Crippen LogP contribution >= 0.6 is 11.6 Å². The van der Waals surface area contributed by atoms with Gasteiger partial charge in [0.15, 0.2) is 16.5 Å². The molecule has 1 fully saturated rings.